The van der Waals surface area contributed by atoms with E-state index in [1.807, 2.05) is 0 Å². The summed E-state index contributed by atoms with van der Waals surface area (Å²) in [5.41, 5.74) is 0. The average molecular weight is 337 g/mol. The highest BCUT2D eigenvalue weighted by Gasteiger charge is 2.09. The van der Waals surface area contributed by atoms with E-state index < -0.39 is 0 Å². The number of rotatable bonds is 13. The number of esters is 2. The zero-order valence-electron chi connectivity index (χ0n) is 13.4. The fourth-order valence-electron chi connectivity index (χ4n) is 2.15. The quantitative estimate of drug-likeness (QED) is 0.224. The summed E-state index contributed by atoms with van der Waals surface area (Å²) < 4.78 is 4.81. The van der Waals surface area contributed by atoms with Gasteiger partial charge in [0.1, 0.15) is 0 Å². The molecule has 22 heavy (non-hydrogen) atoms. The van der Waals surface area contributed by atoms with E-state index in [-0.39, 0.29) is 58.0 Å². The van der Waals surface area contributed by atoms with Crippen molar-refractivity contribution in [3.63, 3.8) is 0 Å². The molecular formula is C17H36Mg2O3. The third-order valence-electron chi connectivity index (χ3n) is 3.45. The van der Waals surface area contributed by atoms with E-state index >= 15 is 0 Å². The molecule has 0 heterocycles. The molecule has 0 radical (unpaired) electrons. The lowest BCUT2D eigenvalue weighted by Crippen LogP contribution is -2.11. The van der Waals surface area contributed by atoms with Crippen LogP contribution in [0.1, 0.15) is 97.3 Å². The van der Waals surface area contributed by atoms with Gasteiger partial charge in [-0.2, -0.15) is 0 Å². The number of carbonyl (C=O) groups is 2. The van der Waals surface area contributed by atoms with Gasteiger partial charge in [0, 0.05) is 12.8 Å². The van der Waals surface area contributed by atoms with E-state index in [4.69, 9.17) is 4.74 Å². The van der Waals surface area contributed by atoms with Gasteiger partial charge in [-0.25, -0.2) is 0 Å². The molecule has 0 aromatic rings. The molecule has 0 saturated heterocycles. The zero-order chi connectivity index (χ0) is 15.1. The largest absolute Gasteiger partial charge is 0.393 e. The zero-order valence-corrected chi connectivity index (χ0v) is 13.4. The number of ether oxygens (including phenoxy) is 1. The molecule has 0 fully saturated rings. The molecule has 0 spiro atoms. The Morgan fingerprint density at radius 2 is 0.909 bits per heavy atom. The molecule has 0 aliphatic rings. The third kappa shape index (κ3) is 20.7. The molecule has 126 valence electrons. The lowest BCUT2D eigenvalue weighted by Gasteiger charge is -2.03. The van der Waals surface area contributed by atoms with Gasteiger partial charge in [0.15, 0.2) is 0 Å². The maximum absolute atomic E-state index is 11.4. The molecule has 0 atom stereocenters. The molecule has 3 nitrogen and oxygen atoms in total. The molecule has 0 aliphatic heterocycles. The van der Waals surface area contributed by atoms with Crippen LogP contribution in [0.4, 0.5) is 0 Å². The van der Waals surface area contributed by atoms with Crippen LogP contribution in [0.3, 0.4) is 0 Å². The normalized spacial score (nSPS) is 9.55. The van der Waals surface area contributed by atoms with Gasteiger partial charge >= 0.3 is 58.0 Å². The van der Waals surface area contributed by atoms with Gasteiger partial charge in [-0.3, -0.25) is 9.59 Å². The van der Waals surface area contributed by atoms with Crippen LogP contribution in [0.5, 0.6) is 0 Å². The lowest BCUT2D eigenvalue weighted by molar-refractivity contribution is -0.159. The molecule has 0 unspecified atom stereocenters. The minimum absolute atomic E-state index is 0. The Labute approximate surface area is 169 Å². The van der Waals surface area contributed by atoms with Crippen LogP contribution in [0, 0.1) is 0 Å². The van der Waals surface area contributed by atoms with Gasteiger partial charge < -0.3 is 4.74 Å². The summed E-state index contributed by atoms with van der Waals surface area (Å²) in [5, 5.41) is 0. The Morgan fingerprint density at radius 3 is 1.27 bits per heavy atom. The second kappa shape index (κ2) is 21.7. The SMILES string of the molecule is CCCCCCCCC(=O)OC(=O)CCCCCCC.[MgH2].[MgH2]. The molecule has 0 aromatic carbocycles. The van der Waals surface area contributed by atoms with E-state index in [1.165, 1.54) is 38.5 Å². The number of hydrogen-bond donors (Lipinski definition) is 0. The van der Waals surface area contributed by atoms with Crippen molar-refractivity contribution in [2.24, 2.45) is 0 Å². The first-order valence-electron chi connectivity index (χ1n) is 8.44. The van der Waals surface area contributed by atoms with Crippen molar-refractivity contribution < 1.29 is 14.3 Å². The Morgan fingerprint density at radius 1 is 0.591 bits per heavy atom. The summed E-state index contributed by atoms with van der Waals surface area (Å²) in [6, 6.07) is 0. The second-order valence-corrected chi connectivity index (χ2v) is 5.53. The predicted molar refractivity (Wildman–Crippen MR) is 99.6 cm³/mol. The number of carbonyl (C=O) groups excluding carboxylic acids is 2. The monoisotopic (exact) mass is 336 g/mol. The molecular weight excluding hydrogens is 301 g/mol. The summed E-state index contributed by atoms with van der Waals surface area (Å²) >= 11 is 0. The fourth-order valence-corrected chi connectivity index (χ4v) is 2.15. The smallest absolute Gasteiger partial charge is 0.316 e. The first-order chi connectivity index (χ1) is 9.70. The molecule has 0 bridgehead atoms. The van der Waals surface area contributed by atoms with Crippen molar-refractivity contribution in [2.75, 3.05) is 0 Å². The highest BCUT2D eigenvalue weighted by Crippen LogP contribution is 2.09. The summed E-state index contributed by atoms with van der Waals surface area (Å²) in [5.74, 6) is -0.698. The van der Waals surface area contributed by atoms with Crippen LogP contribution in [-0.2, 0) is 14.3 Å². The average Bonchev–Trinajstić information content (AvgIpc) is 2.42. The van der Waals surface area contributed by atoms with Gasteiger partial charge in [-0.15, -0.1) is 0 Å². The Kier molecular flexibility index (Phi) is 27.1. The van der Waals surface area contributed by atoms with Gasteiger partial charge in [0.05, 0.1) is 0 Å². The summed E-state index contributed by atoms with van der Waals surface area (Å²) in [7, 11) is 0. The van der Waals surface area contributed by atoms with Gasteiger partial charge in [0.25, 0.3) is 0 Å². The fraction of sp³-hybridized carbons (Fsp3) is 0.882. The van der Waals surface area contributed by atoms with Crippen molar-refractivity contribution in [3.8, 4) is 0 Å². The maximum Gasteiger partial charge on any atom is 0.316 e. The van der Waals surface area contributed by atoms with Crippen molar-refractivity contribution in [1.29, 1.82) is 0 Å². The topological polar surface area (TPSA) is 43.4 Å². The molecule has 0 aliphatic carbocycles. The number of hydrogen-bond acceptors (Lipinski definition) is 3. The molecule has 0 rings (SSSR count). The van der Waals surface area contributed by atoms with Crippen LogP contribution in [0.25, 0.3) is 0 Å². The third-order valence-corrected chi connectivity index (χ3v) is 3.45. The van der Waals surface area contributed by atoms with Gasteiger partial charge in [0.2, 0.25) is 0 Å². The molecule has 0 saturated carbocycles. The van der Waals surface area contributed by atoms with Crippen LogP contribution in [0.15, 0.2) is 0 Å². The van der Waals surface area contributed by atoms with Crippen LogP contribution >= 0.6 is 0 Å². The minimum Gasteiger partial charge on any atom is -0.393 e. The molecule has 0 aromatic heterocycles. The van der Waals surface area contributed by atoms with E-state index in [0.29, 0.717) is 12.8 Å². The minimum atomic E-state index is -0.350. The summed E-state index contributed by atoms with van der Waals surface area (Å²) in [6.45, 7) is 4.35. The van der Waals surface area contributed by atoms with Gasteiger partial charge in [-0.05, 0) is 12.8 Å². The van der Waals surface area contributed by atoms with E-state index in [2.05, 4.69) is 13.8 Å². The highest BCUT2D eigenvalue weighted by atomic mass is 24.3. The van der Waals surface area contributed by atoms with E-state index in [9.17, 15) is 9.59 Å². The Balaban J connectivity index is -0.00000180. The van der Waals surface area contributed by atoms with Crippen molar-refractivity contribution in [1.82, 2.24) is 0 Å². The van der Waals surface area contributed by atoms with Crippen molar-refractivity contribution in [3.05, 3.63) is 0 Å². The lowest BCUT2D eigenvalue weighted by atomic mass is 10.1. The van der Waals surface area contributed by atoms with Gasteiger partial charge in [-0.1, -0.05) is 71.6 Å². The molecule has 0 amide bonds. The van der Waals surface area contributed by atoms with Crippen molar-refractivity contribution >= 4 is 58.0 Å². The Hall–Kier alpha value is 0.672. The van der Waals surface area contributed by atoms with E-state index in [0.717, 1.165) is 32.1 Å². The standard InChI is InChI=1S/C17H32O3.2Mg.4H/c1-3-5-7-9-11-13-15-17(19)20-16(18)14-12-10-8-6-4-2;;;;;;/h3-15H2,1-2H3;;;;;;. The summed E-state index contributed by atoms with van der Waals surface area (Å²) in [4.78, 5) is 22.9. The van der Waals surface area contributed by atoms with E-state index in [1.54, 1.807) is 0 Å². The van der Waals surface area contributed by atoms with Crippen LogP contribution in [0.2, 0.25) is 0 Å². The van der Waals surface area contributed by atoms with Crippen molar-refractivity contribution in [2.45, 2.75) is 97.3 Å². The van der Waals surface area contributed by atoms with Crippen LogP contribution < -0.4 is 0 Å². The Bertz CT molecular complexity index is 258. The maximum atomic E-state index is 11.4. The first kappa shape index (κ1) is 27.5. The predicted octanol–water partition coefficient (Wildman–Crippen LogP) is 3.33. The summed E-state index contributed by atoms with van der Waals surface area (Å²) in [6.07, 6.45) is 13.0. The number of unbranched alkanes of at least 4 members (excludes halogenated alkanes) is 9. The first-order valence-corrected chi connectivity index (χ1v) is 8.44. The molecule has 5 heteroatoms. The highest BCUT2D eigenvalue weighted by molar-refractivity contribution is 5.85. The molecule has 0 N–H and O–H groups in total. The van der Waals surface area contributed by atoms with Crippen LogP contribution in [-0.4, -0.2) is 58.0 Å². The second-order valence-electron chi connectivity index (χ2n) is 5.53.